The molecule has 2 aliphatic rings. The lowest BCUT2D eigenvalue weighted by atomic mass is 9.80. The van der Waals surface area contributed by atoms with Crippen LogP contribution in [-0.4, -0.2) is 72.2 Å². The third-order valence-electron chi connectivity index (χ3n) is 6.02. The van der Waals surface area contributed by atoms with Gasteiger partial charge in [0.15, 0.2) is 0 Å². The van der Waals surface area contributed by atoms with Crippen molar-refractivity contribution in [3.63, 3.8) is 0 Å². The number of unbranched alkanes of at least 4 members (excludes halogenated alkanes) is 2. The maximum atomic E-state index is 13.0. The number of benzene rings is 1. The van der Waals surface area contributed by atoms with E-state index in [1.165, 1.54) is 0 Å². The molecule has 0 aromatic heterocycles. The van der Waals surface area contributed by atoms with E-state index < -0.39 is 19.3 Å². The highest BCUT2D eigenvalue weighted by Crippen LogP contribution is 2.30. The minimum atomic E-state index is -1.59. The van der Waals surface area contributed by atoms with E-state index in [1.54, 1.807) is 29.2 Å². The van der Waals surface area contributed by atoms with Crippen molar-refractivity contribution in [3.05, 3.63) is 29.8 Å². The molecule has 3 rings (SSSR count). The molecular weight excluding hydrogens is 415 g/mol. The lowest BCUT2D eigenvalue weighted by Gasteiger charge is -2.33. The van der Waals surface area contributed by atoms with Gasteiger partial charge in [-0.15, -0.1) is 0 Å². The zero-order valence-electron chi connectivity index (χ0n) is 18.7. The Labute approximate surface area is 189 Å². The van der Waals surface area contributed by atoms with Gasteiger partial charge in [-0.3, -0.25) is 9.69 Å². The average Bonchev–Trinajstić information content (AvgIpc) is 3.22. The highest BCUT2D eigenvalue weighted by atomic mass is 16.6. The van der Waals surface area contributed by atoms with E-state index in [-0.39, 0.29) is 37.4 Å². The lowest BCUT2D eigenvalue weighted by molar-refractivity contribution is -0.121. The SMILES string of the molecule is CCCCCC(=O)NCC(OC(=O)N1COC2C(C)OCCC21)c1ccc(B(O)O)cc1. The summed E-state index contributed by atoms with van der Waals surface area (Å²) in [7, 11) is -1.59. The number of carbonyl (C=O) groups is 2. The highest BCUT2D eigenvalue weighted by molar-refractivity contribution is 6.58. The standard InChI is InChI=1S/C22H33BN2O7/c1-3-4-5-6-20(26)24-13-19(16-7-9-17(10-8-16)23(28)29)32-22(27)25-14-31-21-15(2)30-12-11-18(21)25/h7-10,15,18-19,21,28-29H,3-6,11-14H2,1-2H3,(H,24,26). The molecule has 32 heavy (non-hydrogen) atoms. The maximum absolute atomic E-state index is 13.0. The fraction of sp³-hybridized carbons (Fsp3) is 0.636. The summed E-state index contributed by atoms with van der Waals surface area (Å²) in [5.41, 5.74) is 0.975. The zero-order valence-corrected chi connectivity index (χ0v) is 18.7. The largest absolute Gasteiger partial charge is 0.488 e. The van der Waals surface area contributed by atoms with Gasteiger partial charge in [0.05, 0.1) is 18.7 Å². The van der Waals surface area contributed by atoms with Gasteiger partial charge in [-0.05, 0) is 30.8 Å². The monoisotopic (exact) mass is 448 g/mol. The minimum Gasteiger partial charge on any atom is -0.439 e. The summed E-state index contributed by atoms with van der Waals surface area (Å²) >= 11 is 0. The predicted molar refractivity (Wildman–Crippen MR) is 118 cm³/mol. The van der Waals surface area contributed by atoms with Crippen LogP contribution in [0, 0.1) is 0 Å². The van der Waals surface area contributed by atoms with Gasteiger partial charge in [0, 0.05) is 13.0 Å². The highest BCUT2D eigenvalue weighted by Gasteiger charge is 2.44. The Hall–Kier alpha value is -2.14. The Morgan fingerprint density at radius 1 is 1.25 bits per heavy atom. The molecule has 0 aliphatic carbocycles. The minimum absolute atomic E-state index is 0.0928. The molecule has 0 bridgehead atoms. The van der Waals surface area contributed by atoms with Gasteiger partial charge in [0.2, 0.25) is 5.91 Å². The number of amides is 2. The zero-order chi connectivity index (χ0) is 23.1. The molecule has 1 aromatic carbocycles. The molecule has 2 aliphatic heterocycles. The molecular formula is C22H33BN2O7. The first kappa shape index (κ1) is 24.5. The van der Waals surface area contributed by atoms with Gasteiger partial charge in [-0.2, -0.15) is 0 Å². The summed E-state index contributed by atoms with van der Waals surface area (Å²) in [6, 6.07) is 6.33. The van der Waals surface area contributed by atoms with Crippen molar-refractivity contribution in [2.24, 2.45) is 0 Å². The van der Waals surface area contributed by atoms with Crippen molar-refractivity contribution in [2.45, 2.75) is 70.3 Å². The molecule has 10 heteroatoms. The van der Waals surface area contributed by atoms with E-state index in [0.29, 0.717) is 30.5 Å². The van der Waals surface area contributed by atoms with E-state index in [1.807, 2.05) is 6.92 Å². The van der Waals surface area contributed by atoms with Gasteiger partial charge < -0.3 is 29.6 Å². The molecule has 9 nitrogen and oxygen atoms in total. The first-order valence-corrected chi connectivity index (χ1v) is 11.3. The van der Waals surface area contributed by atoms with Crippen LogP contribution in [0.4, 0.5) is 4.79 Å². The molecule has 4 unspecified atom stereocenters. The molecule has 1 aromatic rings. The van der Waals surface area contributed by atoms with Crippen LogP contribution in [0.15, 0.2) is 24.3 Å². The molecule has 2 amide bonds. The molecule has 0 spiro atoms. The number of fused-ring (bicyclic) bond motifs is 1. The molecule has 176 valence electrons. The second kappa shape index (κ2) is 11.6. The molecule has 2 heterocycles. The molecule has 0 radical (unpaired) electrons. The first-order chi connectivity index (χ1) is 15.4. The summed E-state index contributed by atoms with van der Waals surface area (Å²) in [5.74, 6) is -0.0928. The Morgan fingerprint density at radius 2 is 2.00 bits per heavy atom. The van der Waals surface area contributed by atoms with Crippen molar-refractivity contribution < 1.29 is 33.8 Å². The summed E-state index contributed by atoms with van der Waals surface area (Å²) in [4.78, 5) is 26.8. The van der Waals surface area contributed by atoms with E-state index in [9.17, 15) is 19.6 Å². The Kier molecular flexibility index (Phi) is 8.92. The number of hydrogen-bond acceptors (Lipinski definition) is 7. The number of nitrogens with one attached hydrogen (secondary N) is 1. The fourth-order valence-corrected chi connectivity index (χ4v) is 4.11. The van der Waals surface area contributed by atoms with Gasteiger partial charge in [-0.1, -0.05) is 44.0 Å². The van der Waals surface area contributed by atoms with Crippen molar-refractivity contribution in [3.8, 4) is 0 Å². The Balaban J connectivity index is 1.67. The molecule has 2 fully saturated rings. The van der Waals surface area contributed by atoms with Crippen LogP contribution in [0.1, 0.15) is 57.6 Å². The van der Waals surface area contributed by atoms with Crippen molar-refractivity contribution in [1.29, 1.82) is 0 Å². The third-order valence-corrected chi connectivity index (χ3v) is 6.02. The smallest absolute Gasteiger partial charge is 0.439 e. The van der Waals surface area contributed by atoms with Crippen molar-refractivity contribution >= 4 is 24.6 Å². The van der Waals surface area contributed by atoms with Crippen LogP contribution in [-0.2, 0) is 19.0 Å². The van der Waals surface area contributed by atoms with Crippen LogP contribution >= 0.6 is 0 Å². The number of nitrogens with zero attached hydrogens (tertiary/aromatic N) is 1. The van der Waals surface area contributed by atoms with Gasteiger partial charge in [-0.25, -0.2) is 4.79 Å². The summed E-state index contributed by atoms with van der Waals surface area (Å²) in [6.45, 7) is 4.82. The number of hydrogen-bond donors (Lipinski definition) is 3. The third kappa shape index (κ3) is 6.22. The fourth-order valence-electron chi connectivity index (χ4n) is 4.11. The molecule has 3 N–H and O–H groups in total. The second-order valence-electron chi connectivity index (χ2n) is 8.34. The normalized spacial score (nSPS) is 23.4. The van der Waals surface area contributed by atoms with E-state index in [4.69, 9.17) is 14.2 Å². The predicted octanol–water partition coefficient (Wildman–Crippen LogP) is 1.08. The molecule has 2 saturated heterocycles. The van der Waals surface area contributed by atoms with E-state index in [2.05, 4.69) is 12.2 Å². The van der Waals surface area contributed by atoms with Gasteiger partial charge in [0.25, 0.3) is 0 Å². The van der Waals surface area contributed by atoms with Crippen LogP contribution < -0.4 is 10.8 Å². The summed E-state index contributed by atoms with van der Waals surface area (Å²) in [5, 5.41) is 21.5. The molecule has 4 atom stereocenters. The Bertz CT molecular complexity index is 761. The summed E-state index contributed by atoms with van der Waals surface area (Å²) < 4.78 is 17.2. The maximum Gasteiger partial charge on any atom is 0.488 e. The molecule has 0 saturated carbocycles. The Morgan fingerprint density at radius 3 is 2.69 bits per heavy atom. The van der Waals surface area contributed by atoms with Crippen molar-refractivity contribution in [2.75, 3.05) is 19.9 Å². The average molecular weight is 448 g/mol. The van der Waals surface area contributed by atoms with Gasteiger partial charge >= 0.3 is 13.2 Å². The van der Waals surface area contributed by atoms with Crippen LogP contribution in [0.5, 0.6) is 0 Å². The van der Waals surface area contributed by atoms with E-state index in [0.717, 1.165) is 19.3 Å². The first-order valence-electron chi connectivity index (χ1n) is 11.3. The van der Waals surface area contributed by atoms with Gasteiger partial charge in [0.1, 0.15) is 18.9 Å². The van der Waals surface area contributed by atoms with Crippen LogP contribution in [0.25, 0.3) is 0 Å². The van der Waals surface area contributed by atoms with E-state index >= 15 is 0 Å². The number of rotatable bonds is 9. The second-order valence-corrected chi connectivity index (χ2v) is 8.34. The van der Waals surface area contributed by atoms with Crippen molar-refractivity contribution in [1.82, 2.24) is 10.2 Å². The number of carbonyl (C=O) groups excluding carboxylic acids is 2. The van der Waals surface area contributed by atoms with Crippen LogP contribution in [0.3, 0.4) is 0 Å². The van der Waals surface area contributed by atoms with Crippen LogP contribution in [0.2, 0.25) is 0 Å². The summed E-state index contributed by atoms with van der Waals surface area (Å²) in [6.07, 6.45) is 2.40. The lowest BCUT2D eigenvalue weighted by Crippen LogP contribution is -2.48. The topological polar surface area (TPSA) is 118 Å². The quantitative estimate of drug-likeness (QED) is 0.382. The number of ether oxygens (including phenoxy) is 3.